The number of ether oxygens (including phenoxy) is 1. The van der Waals surface area contributed by atoms with Crippen molar-refractivity contribution in [2.45, 2.75) is 26.2 Å². The lowest BCUT2D eigenvalue weighted by molar-refractivity contribution is -0.384. The van der Waals surface area contributed by atoms with Crippen LogP contribution < -0.4 is 10.1 Å². The second kappa shape index (κ2) is 9.92. The largest absolute Gasteiger partial charge is 0.492 e. The van der Waals surface area contributed by atoms with Gasteiger partial charge in [-0.2, -0.15) is 15.8 Å². The van der Waals surface area contributed by atoms with Crippen LogP contribution in [0.15, 0.2) is 27.9 Å². The predicted molar refractivity (Wildman–Crippen MR) is 93.3 cm³/mol. The highest BCUT2D eigenvalue weighted by Gasteiger charge is 2.20. The minimum atomic E-state index is -0.638. The third kappa shape index (κ3) is 5.49. The molecule has 25 heavy (non-hydrogen) atoms. The molecule has 0 saturated carbocycles. The summed E-state index contributed by atoms with van der Waals surface area (Å²) in [6.45, 7) is 2.49. The zero-order chi connectivity index (χ0) is 18.8. The first-order valence-corrected chi connectivity index (χ1v) is 8.10. The second-order valence-electron chi connectivity index (χ2n) is 4.82. The molecule has 0 spiro atoms. The Morgan fingerprint density at radius 2 is 1.96 bits per heavy atom. The van der Waals surface area contributed by atoms with E-state index in [4.69, 9.17) is 20.5 Å². The summed E-state index contributed by atoms with van der Waals surface area (Å²) in [5, 5.41) is 40.5. The van der Waals surface area contributed by atoms with Gasteiger partial charge in [0.15, 0.2) is 5.57 Å². The maximum absolute atomic E-state index is 11.2. The number of nitrogens with one attached hydrogen (secondary N) is 1. The molecule has 0 heterocycles. The smallest absolute Gasteiger partial charge is 0.294 e. The first-order valence-electron chi connectivity index (χ1n) is 7.30. The number of nitro benzene ring substituents is 1. The van der Waals surface area contributed by atoms with Gasteiger partial charge in [0.05, 0.1) is 16.0 Å². The van der Waals surface area contributed by atoms with E-state index < -0.39 is 10.5 Å². The molecule has 0 aliphatic rings. The molecule has 0 aliphatic heterocycles. The topological polar surface area (TPSA) is 136 Å². The van der Waals surface area contributed by atoms with E-state index >= 15 is 0 Å². The third-order valence-corrected chi connectivity index (χ3v) is 3.72. The average molecular weight is 404 g/mol. The number of rotatable bonds is 8. The number of benzene rings is 1. The standard InChI is InChI=1S/C16H14BrN5O3/c1-2-3-4-5-25-16-7-13(15(22(23)24)6-12(16)17)21-14(10-20)11(8-18)9-19/h6-7,21H,2-5H2,1H3. The summed E-state index contributed by atoms with van der Waals surface area (Å²) in [6.07, 6.45) is 2.85. The molecule has 8 nitrogen and oxygen atoms in total. The molecule has 0 saturated heterocycles. The van der Waals surface area contributed by atoms with Gasteiger partial charge in [-0.1, -0.05) is 19.8 Å². The van der Waals surface area contributed by atoms with Crippen LogP contribution >= 0.6 is 15.9 Å². The molecular weight excluding hydrogens is 390 g/mol. The van der Waals surface area contributed by atoms with E-state index in [-0.39, 0.29) is 17.1 Å². The van der Waals surface area contributed by atoms with Crippen molar-refractivity contribution in [3.8, 4) is 24.0 Å². The van der Waals surface area contributed by atoms with Gasteiger partial charge in [-0.15, -0.1) is 0 Å². The number of unbranched alkanes of at least 4 members (excludes halogenated alkanes) is 2. The Bertz CT molecular complexity index is 799. The van der Waals surface area contributed by atoms with E-state index in [9.17, 15) is 10.1 Å². The van der Waals surface area contributed by atoms with Crippen LogP contribution in [0.2, 0.25) is 0 Å². The number of nitro groups is 1. The van der Waals surface area contributed by atoms with Crippen LogP contribution in [0, 0.1) is 44.1 Å². The molecular formula is C16H14BrN5O3. The number of hydrogen-bond donors (Lipinski definition) is 1. The number of nitriles is 3. The fraction of sp³-hybridized carbons (Fsp3) is 0.312. The van der Waals surface area contributed by atoms with Gasteiger partial charge in [0.1, 0.15) is 35.3 Å². The molecule has 0 unspecified atom stereocenters. The van der Waals surface area contributed by atoms with Crippen molar-refractivity contribution in [3.63, 3.8) is 0 Å². The van der Waals surface area contributed by atoms with Crippen LogP contribution in [0.3, 0.4) is 0 Å². The van der Waals surface area contributed by atoms with Gasteiger partial charge in [0, 0.05) is 12.1 Å². The van der Waals surface area contributed by atoms with Gasteiger partial charge in [-0.05, 0) is 22.4 Å². The number of hydrogen-bond acceptors (Lipinski definition) is 7. The van der Waals surface area contributed by atoms with E-state index in [1.165, 1.54) is 12.1 Å². The summed E-state index contributed by atoms with van der Waals surface area (Å²) in [5.41, 5.74) is -1.20. The summed E-state index contributed by atoms with van der Waals surface area (Å²) in [5.74, 6) is 0.358. The number of allylic oxidation sites excluding steroid dienone is 2. The molecule has 0 amide bonds. The highest BCUT2D eigenvalue weighted by Crippen LogP contribution is 2.37. The fourth-order valence-electron chi connectivity index (χ4n) is 1.86. The van der Waals surface area contributed by atoms with Crippen molar-refractivity contribution >= 4 is 27.3 Å². The molecule has 0 aliphatic carbocycles. The molecule has 0 aromatic heterocycles. The lowest BCUT2D eigenvalue weighted by Gasteiger charge is -2.12. The van der Waals surface area contributed by atoms with E-state index in [1.807, 2.05) is 0 Å². The first kappa shape index (κ1) is 20.0. The molecule has 1 N–H and O–H groups in total. The van der Waals surface area contributed by atoms with Crippen LogP contribution in [0.1, 0.15) is 26.2 Å². The molecule has 128 valence electrons. The molecule has 0 atom stereocenters. The van der Waals surface area contributed by atoms with Gasteiger partial charge in [-0.3, -0.25) is 10.1 Å². The Hall–Kier alpha value is -3.09. The van der Waals surface area contributed by atoms with Crippen LogP contribution in [-0.4, -0.2) is 11.5 Å². The van der Waals surface area contributed by atoms with Crippen molar-refractivity contribution in [1.29, 1.82) is 15.8 Å². The monoisotopic (exact) mass is 403 g/mol. The van der Waals surface area contributed by atoms with Crippen molar-refractivity contribution in [3.05, 3.63) is 38.0 Å². The average Bonchev–Trinajstić information content (AvgIpc) is 2.60. The lowest BCUT2D eigenvalue weighted by atomic mass is 10.2. The number of halogens is 1. The minimum absolute atomic E-state index is 0.0433. The van der Waals surface area contributed by atoms with Crippen LogP contribution in [0.25, 0.3) is 0 Å². The predicted octanol–water partition coefficient (Wildman–Crippen LogP) is 4.16. The molecule has 1 aromatic rings. The molecule has 0 fully saturated rings. The number of nitrogens with zero attached hydrogens (tertiary/aromatic N) is 4. The van der Waals surface area contributed by atoms with Crippen molar-refractivity contribution in [1.82, 2.24) is 0 Å². The van der Waals surface area contributed by atoms with Crippen molar-refractivity contribution in [2.24, 2.45) is 0 Å². The maximum atomic E-state index is 11.2. The zero-order valence-electron chi connectivity index (χ0n) is 13.4. The van der Waals surface area contributed by atoms with Crippen molar-refractivity contribution < 1.29 is 9.66 Å². The zero-order valence-corrected chi connectivity index (χ0v) is 15.0. The van der Waals surface area contributed by atoms with E-state index in [0.29, 0.717) is 16.8 Å². The molecule has 1 rings (SSSR count). The Morgan fingerprint density at radius 3 is 2.48 bits per heavy atom. The summed E-state index contributed by atoms with van der Waals surface area (Å²) < 4.78 is 6.00. The van der Waals surface area contributed by atoms with Crippen LogP contribution in [-0.2, 0) is 0 Å². The minimum Gasteiger partial charge on any atom is -0.492 e. The van der Waals surface area contributed by atoms with E-state index in [0.717, 1.165) is 19.3 Å². The van der Waals surface area contributed by atoms with Crippen LogP contribution in [0.5, 0.6) is 5.75 Å². The molecule has 0 radical (unpaired) electrons. The fourth-order valence-corrected chi connectivity index (χ4v) is 2.30. The summed E-state index contributed by atoms with van der Waals surface area (Å²) >= 11 is 3.22. The van der Waals surface area contributed by atoms with Gasteiger partial charge in [0.2, 0.25) is 0 Å². The summed E-state index contributed by atoms with van der Waals surface area (Å²) in [4.78, 5) is 10.6. The Morgan fingerprint density at radius 1 is 1.28 bits per heavy atom. The van der Waals surface area contributed by atoms with Gasteiger partial charge in [-0.25, -0.2) is 0 Å². The highest BCUT2D eigenvalue weighted by atomic mass is 79.9. The van der Waals surface area contributed by atoms with E-state index in [2.05, 4.69) is 28.2 Å². The van der Waals surface area contributed by atoms with Crippen LogP contribution in [0.4, 0.5) is 11.4 Å². The van der Waals surface area contributed by atoms with E-state index in [1.54, 1.807) is 18.2 Å². The lowest BCUT2D eigenvalue weighted by Crippen LogP contribution is -2.05. The second-order valence-corrected chi connectivity index (χ2v) is 5.68. The Kier molecular flexibility index (Phi) is 7.92. The summed E-state index contributed by atoms with van der Waals surface area (Å²) in [7, 11) is 0. The normalized spacial score (nSPS) is 9.24. The SMILES string of the molecule is CCCCCOc1cc(NC(C#N)=C(C#N)C#N)c([N+](=O)[O-])cc1Br. The van der Waals surface area contributed by atoms with Crippen molar-refractivity contribution in [2.75, 3.05) is 11.9 Å². The molecule has 9 heteroatoms. The highest BCUT2D eigenvalue weighted by molar-refractivity contribution is 9.10. The third-order valence-electron chi connectivity index (χ3n) is 3.10. The quantitative estimate of drug-likeness (QED) is 0.297. The molecule has 1 aromatic carbocycles. The maximum Gasteiger partial charge on any atom is 0.294 e. The first-order chi connectivity index (χ1) is 12.0. The Balaban J connectivity index is 3.26. The number of anilines is 1. The Labute approximate surface area is 153 Å². The summed E-state index contributed by atoms with van der Waals surface area (Å²) in [6, 6.07) is 7.40. The molecule has 0 bridgehead atoms. The van der Waals surface area contributed by atoms with Gasteiger partial charge in [0.25, 0.3) is 5.69 Å². The van der Waals surface area contributed by atoms with Gasteiger partial charge < -0.3 is 10.1 Å². The van der Waals surface area contributed by atoms with Gasteiger partial charge >= 0.3 is 0 Å².